The zero-order valence-corrected chi connectivity index (χ0v) is 13.4. The van der Waals surface area contributed by atoms with E-state index >= 15 is 0 Å². The van der Waals surface area contributed by atoms with Gasteiger partial charge in [0.1, 0.15) is 5.82 Å². The largest absolute Gasteiger partial charge is 0.496 e. The number of pyridine rings is 1. The molecule has 0 aliphatic carbocycles. The second kappa shape index (κ2) is 5.66. The highest BCUT2D eigenvalue weighted by Gasteiger charge is 2.52. The second-order valence-electron chi connectivity index (χ2n) is 6.35. The van der Waals surface area contributed by atoms with Crippen LogP contribution in [-0.4, -0.2) is 29.8 Å². The minimum Gasteiger partial charge on any atom is -0.399 e. The first-order valence-electron chi connectivity index (χ1n) is 7.20. The van der Waals surface area contributed by atoms with Crippen LogP contribution in [0.4, 0.5) is 5.82 Å². The Balaban J connectivity index is 2.14. The van der Waals surface area contributed by atoms with Gasteiger partial charge in [0.2, 0.25) is 0 Å². The molecule has 0 spiro atoms. The van der Waals surface area contributed by atoms with Crippen LogP contribution < -0.4 is 10.8 Å². The number of nitriles is 1. The fourth-order valence-corrected chi connectivity index (χ4v) is 2.13. The van der Waals surface area contributed by atoms with Gasteiger partial charge in [-0.1, -0.05) is 0 Å². The van der Waals surface area contributed by atoms with Crippen molar-refractivity contribution in [1.82, 2.24) is 4.98 Å². The zero-order chi connectivity index (χ0) is 15.7. The van der Waals surface area contributed by atoms with E-state index in [1.807, 2.05) is 40.7 Å². The molecule has 2 heterocycles. The maximum atomic E-state index is 8.54. The Morgan fingerprint density at radius 2 is 1.90 bits per heavy atom. The molecule has 0 radical (unpaired) electrons. The molecule has 1 aliphatic rings. The first-order chi connectivity index (χ1) is 9.77. The van der Waals surface area contributed by atoms with Gasteiger partial charge in [0.15, 0.2) is 0 Å². The van der Waals surface area contributed by atoms with Gasteiger partial charge in [0.25, 0.3) is 0 Å². The highest BCUT2D eigenvalue weighted by atomic mass is 16.7. The molecular weight excluding hydrogens is 265 g/mol. The predicted molar refractivity (Wildman–Crippen MR) is 83.4 cm³/mol. The van der Waals surface area contributed by atoms with Crippen LogP contribution in [-0.2, 0) is 9.31 Å². The molecule has 5 nitrogen and oxygen atoms in total. The number of nitrogens with zero attached hydrogens (tertiary/aromatic N) is 2. The summed E-state index contributed by atoms with van der Waals surface area (Å²) in [6.45, 7) is 10.7. The molecule has 0 bridgehead atoms. The third kappa shape index (κ3) is 3.20. The third-order valence-electron chi connectivity index (χ3n) is 4.20. The van der Waals surface area contributed by atoms with Crippen LogP contribution in [0.25, 0.3) is 0 Å². The zero-order valence-electron chi connectivity index (χ0n) is 13.4. The third-order valence-corrected chi connectivity index (χ3v) is 4.20. The molecular formula is C15H22BN3O2. The van der Waals surface area contributed by atoms with Gasteiger partial charge >= 0.3 is 7.12 Å². The van der Waals surface area contributed by atoms with Gasteiger partial charge in [-0.3, -0.25) is 0 Å². The van der Waals surface area contributed by atoms with E-state index in [0.29, 0.717) is 13.0 Å². The molecule has 0 amide bonds. The highest BCUT2D eigenvalue weighted by molar-refractivity contribution is 6.62. The van der Waals surface area contributed by atoms with Gasteiger partial charge < -0.3 is 14.6 Å². The molecule has 0 saturated carbocycles. The van der Waals surface area contributed by atoms with Gasteiger partial charge in [0, 0.05) is 18.2 Å². The lowest BCUT2D eigenvalue weighted by Gasteiger charge is -2.32. The van der Waals surface area contributed by atoms with Crippen LogP contribution in [0, 0.1) is 18.3 Å². The van der Waals surface area contributed by atoms with Gasteiger partial charge in [-0.05, 0) is 46.2 Å². The number of rotatable bonds is 4. The summed E-state index contributed by atoms with van der Waals surface area (Å²) in [5.41, 5.74) is 1.30. The predicted octanol–water partition coefficient (Wildman–Crippen LogP) is 2.01. The molecule has 6 heteroatoms. The Morgan fingerprint density at radius 1 is 1.29 bits per heavy atom. The molecule has 1 N–H and O–H groups in total. The lowest BCUT2D eigenvalue weighted by molar-refractivity contribution is 0.00578. The molecule has 112 valence electrons. The topological polar surface area (TPSA) is 67.2 Å². The minimum absolute atomic E-state index is 0.353. The molecule has 1 aromatic rings. The Hall–Kier alpha value is -1.58. The van der Waals surface area contributed by atoms with Gasteiger partial charge in [-0.25, -0.2) is 4.98 Å². The molecule has 0 aromatic carbocycles. The first-order valence-corrected chi connectivity index (χ1v) is 7.20. The van der Waals surface area contributed by atoms with E-state index in [0.717, 1.165) is 16.8 Å². The molecule has 0 unspecified atom stereocenters. The van der Waals surface area contributed by atoms with E-state index in [4.69, 9.17) is 14.6 Å². The van der Waals surface area contributed by atoms with E-state index in [1.165, 1.54) is 0 Å². The highest BCUT2D eigenvalue weighted by Crippen LogP contribution is 2.36. The summed E-state index contributed by atoms with van der Waals surface area (Å²) in [6.07, 6.45) is 2.24. The summed E-state index contributed by atoms with van der Waals surface area (Å²) in [7, 11) is -0.393. The number of aryl methyl sites for hydroxylation is 1. The fraction of sp³-hybridized carbons (Fsp3) is 0.600. The Morgan fingerprint density at radius 3 is 2.43 bits per heavy atom. The van der Waals surface area contributed by atoms with Crippen molar-refractivity contribution in [3.05, 3.63) is 17.8 Å². The number of aromatic nitrogens is 1. The lowest BCUT2D eigenvalue weighted by Crippen LogP contribution is -2.41. The number of hydrogen-bond donors (Lipinski definition) is 1. The quantitative estimate of drug-likeness (QED) is 0.678. The van der Waals surface area contributed by atoms with Crippen LogP contribution in [0.1, 0.15) is 39.7 Å². The second-order valence-corrected chi connectivity index (χ2v) is 6.35. The SMILES string of the molecule is Cc1cc(NCCC#N)ncc1B1OC(C)(C)C(C)(C)O1. The molecule has 1 fully saturated rings. The van der Waals surface area contributed by atoms with Gasteiger partial charge in [-0.2, -0.15) is 5.26 Å². The summed E-state index contributed by atoms with van der Waals surface area (Å²) >= 11 is 0. The van der Waals surface area contributed by atoms with E-state index in [-0.39, 0.29) is 11.2 Å². The van der Waals surface area contributed by atoms with Crippen molar-refractivity contribution in [3.8, 4) is 6.07 Å². The van der Waals surface area contributed by atoms with Crippen molar-refractivity contribution in [2.75, 3.05) is 11.9 Å². The van der Waals surface area contributed by atoms with Crippen LogP contribution in [0.3, 0.4) is 0 Å². The Kier molecular flexibility index (Phi) is 4.26. The molecule has 1 aliphatic heterocycles. The van der Waals surface area contributed by atoms with Crippen LogP contribution in [0.15, 0.2) is 12.3 Å². The van der Waals surface area contributed by atoms with Crippen molar-refractivity contribution in [2.24, 2.45) is 0 Å². The summed E-state index contributed by atoms with van der Waals surface area (Å²) in [5.74, 6) is 0.767. The van der Waals surface area contributed by atoms with E-state index in [2.05, 4.69) is 16.4 Å². The maximum absolute atomic E-state index is 8.54. The number of nitrogens with one attached hydrogen (secondary N) is 1. The van der Waals surface area contributed by atoms with Crippen LogP contribution >= 0.6 is 0 Å². The molecule has 1 aromatic heterocycles. The lowest BCUT2D eigenvalue weighted by atomic mass is 9.77. The van der Waals surface area contributed by atoms with E-state index in [9.17, 15) is 0 Å². The van der Waals surface area contributed by atoms with Crippen molar-refractivity contribution in [1.29, 1.82) is 5.26 Å². The van der Waals surface area contributed by atoms with Crippen molar-refractivity contribution in [3.63, 3.8) is 0 Å². The molecule has 2 rings (SSSR count). The number of anilines is 1. The maximum Gasteiger partial charge on any atom is 0.496 e. The smallest absolute Gasteiger partial charge is 0.399 e. The Bertz CT molecular complexity index is 551. The Labute approximate surface area is 126 Å². The summed E-state index contributed by atoms with van der Waals surface area (Å²) in [6, 6.07) is 4.05. The standard InChI is InChI=1S/C15H22BN3O2/c1-11-9-13(18-8-6-7-17)19-10-12(11)16-20-14(2,3)15(4,5)21-16/h9-10H,6,8H2,1-5H3,(H,18,19). The summed E-state index contributed by atoms with van der Waals surface area (Å²) in [4.78, 5) is 4.37. The van der Waals surface area contributed by atoms with E-state index < -0.39 is 7.12 Å². The van der Waals surface area contributed by atoms with Crippen LogP contribution in [0.2, 0.25) is 0 Å². The summed E-state index contributed by atoms with van der Waals surface area (Å²) in [5, 5.41) is 11.7. The molecule has 1 saturated heterocycles. The molecule has 0 atom stereocenters. The number of hydrogen-bond acceptors (Lipinski definition) is 5. The van der Waals surface area contributed by atoms with Crippen LogP contribution in [0.5, 0.6) is 0 Å². The van der Waals surface area contributed by atoms with Crippen molar-refractivity contribution in [2.45, 2.75) is 52.2 Å². The average molecular weight is 287 g/mol. The average Bonchev–Trinajstić information content (AvgIpc) is 2.58. The fourth-order valence-electron chi connectivity index (χ4n) is 2.13. The van der Waals surface area contributed by atoms with Crippen molar-refractivity contribution >= 4 is 18.4 Å². The summed E-state index contributed by atoms with van der Waals surface area (Å²) < 4.78 is 12.1. The first kappa shape index (κ1) is 15.8. The van der Waals surface area contributed by atoms with Gasteiger partial charge in [-0.15, -0.1) is 0 Å². The molecule has 21 heavy (non-hydrogen) atoms. The monoisotopic (exact) mass is 287 g/mol. The normalized spacial score (nSPS) is 19.3. The van der Waals surface area contributed by atoms with E-state index in [1.54, 1.807) is 6.20 Å². The minimum atomic E-state index is -0.393. The van der Waals surface area contributed by atoms with Gasteiger partial charge in [0.05, 0.1) is 23.7 Å². The van der Waals surface area contributed by atoms with Crippen molar-refractivity contribution < 1.29 is 9.31 Å².